The first kappa shape index (κ1) is 20.5. The highest BCUT2D eigenvalue weighted by Gasteiger charge is 2.23. The average Bonchev–Trinajstić information content (AvgIpc) is 3.05. The van der Waals surface area contributed by atoms with E-state index in [1.54, 1.807) is 0 Å². The summed E-state index contributed by atoms with van der Waals surface area (Å²) < 4.78 is 2.52. The first-order chi connectivity index (χ1) is 15.0. The van der Waals surface area contributed by atoms with Gasteiger partial charge in [0.2, 0.25) is 0 Å². The van der Waals surface area contributed by atoms with Crippen LogP contribution in [0.1, 0.15) is 47.4 Å². The summed E-state index contributed by atoms with van der Waals surface area (Å²) in [7, 11) is 0. The molecule has 0 amide bonds. The number of pyridine rings is 1. The number of hydrogen-bond donors (Lipinski definition) is 1. The zero-order chi connectivity index (χ0) is 21.5. The molecule has 1 N–H and O–H groups in total. The topological polar surface area (TPSA) is 44.5 Å². The second-order valence-corrected chi connectivity index (χ2v) is 9.34. The van der Waals surface area contributed by atoms with E-state index in [1.807, 2.05) is 13.1 Å². The lowest BCUT2D eigenvalue weighted by Crippen LogP contribution is -2.47. The molecule has 2 aliphatic rings. The van der Waals surface area contributed by atoms with Crippen molar-refractivity contribution in [2.24, 2.45) is 0 Å². The molecule has 1 aromatic carbocycles. The number of aryl methyl sites for hydroxylation is 3. The van der Waals surface area contributed by atoms with Crippen LogP contribution in [-0.4, -0.2) is 52.3 Å². The van der Waals surface area contributed by atoms with Gasteiger partial charge in [0.05, 0.1) is 11.6 Å². The molecule has 0 radical (unpaired) electrons. The van der Waals surface area contributed by atoms with E-state index < -0.39 is 6.10 Å². The fourth-order valence-electron chi connectivity index (χ4n) is 5.41. The second-order valence-electron chi connectivity index (χ2n) is 9.34. The summed E-state index contributed by atoms with van der Waals surface area (Å²) in [6.45, 7) is 12.7. The molecule has 1 saturated heterocycles. The van der Waals surface area contributed by atoms with Crippen molar-refractivity contribution in [2.45, 2.75) is 52.7 Å². The van der Waals surface area contributed by atoms with Crippen LogP contribution in [0.15, 0.2) is 30.5 Å². The molecule has 0 bridgehead atoms. The Kier molecular flexibility index (Phi) is 5.49. The van der Waals surface area contributed by atoms with Gasteiger partial charge in [-0.2, -0.15) is 0 Å². The molecule has 2 aromatic heterocycles. The maximum Gasteiger partial charge on any atom is 0.128 e. The zero-order valence-electron chi connectivity index (χ0n) is 19.1. The van der Waals surface area contributed by atoms with Crippen LogP contribution in [0.25, 0.3) is 10.9 Å². The van der Waals surface area contributed by atoms with Crippen molar-refractivity contribution < 1.29 is 5.11 Å². The highest BCUT2D eigenvalue weighted by molar-refractivity contribution is 5.89. The van der Waals surface area contributed by atoms with Crippen LogP contribution in [0.3, 0.4) is 0 Å². The zero-order valence-corrected chi connectivity index (χ0v) is 19.1. The summed E-state index contributed by atoms with van der Waals surface area (Å²) >= 11 is 0. The standard InChI is InChI=1S/C26H34N4O/c1-18-6-8-27-25(15-18)29-13-11-28(12-14-29)10-7-23-19(2)30-9-4-5-21-16-22(20(3)31)17-24(23)26(21)30/h6,8,15-17,20,31H,4-5,7,9-14H2,1-3H3. The normalized spacial score (nSPS) is 18.0. The molecule has 164 valence electrons. The van der Waals surface area contributed by atoms with E-state index in [9.17, 15) is 5.11 Å². The summed E-state index contributed by atoms with van der Waals surface area (Å²) in [4.78, 5) is 9.56. The highest BCUT2D eigenvalue weighted by atomic mass is 16.3. The molecule has 0 aliphatic carbocycles. The molecule has 0 spiro atoms. The number of nitrogens with zero attached hydrogens (tertiary/aromatic N) is 4. The molecule has 1 fully saturated rings. The van der Waals surface area contributed by atoms with E-state index in [0.717, 1.165) is 63.5 Å². The van der Waals surface area contributed by atoms with Crippen LogP contribution in [0.5, 0.6) is 0 Å². The smallest absolute Gasteiger partial charge is 0.128 e. The quantitative estimate of drug-likeness (QED) is 0.680. The Labute approximate surface area is 185 Å². The number of benzene rings is 1. The van der Waals surface area contributed by atoms with Gasteiger partial charge in [0, 0.05) is 56.5 Å². The first-order valence-corrected chi connectivity index (χ1v) is 11.7. The number of anilines is 1. The van der Waals surface area contributed by atoms with Crippen LogP contribution < -0.4 is 4.90 Å². The second kappa shape index (κ2) is 8.29. The molecule has 5 rings (SSSR count). The van der Waals surface area contributed by atoms with Gasteiger partial charge in [0.1, 0.15) is 5.82 Å². The van der Waals surface area contributed by atoms with E-state index in [2.05, 4.69) is 57.5 Å². The Balaban J connectivity index is 1.32. The monoisotopic (exact) mass is 418 g/mol. The van der Waals surface area contributed by atoms with Gasteiger partial charge in [-0.3, -0.25) is 4.90 Å². The van der Waals surface area contributed by atoms with Gasteiger partial charge < -0.3 is 14.6 Å². The molecular weight excluding hydrogens is 384 g/mol. The van der Waals surface area contributed by atoms with Crippen LogP contribution in [-0.2, 0) is 19.4 Å². The molecule has 0 saturated carbocycles. The van der Waals surface area contributed by atoms with Gasteiger partial charge >= 0.3 is 0 Å². The number of piperazine rings is 1. The lowest BCUT2D eigenvalue weighted by Gasteiger charge is -2.35. The Bertz CT molecular complexity index is 1090. The van der Waals surface area contributed by atoms with E-state index in [0.29, 0.717) is 0 Å². The van der Waals surface area contributed by atoms with Crippen LogP contribution in [0.2, 0.25) is 0 Å². The molecule has 1 atom stereocenters. The first-order valence-electron chi connectivity index (χ1n) is 11.7. The van der Waals surface area contributed by atoms with Crippen LogP contribution in [0.4, 0.5) is 5.82 Å². The predicted octanol–water partition coefficient (Wildman–Crippen LogP) is 4.02. The van der Waals surface area contributed by atoms with Crippen molar-refractivity contribution in [2.75, 3.05) is 37.6 Å². The summed E-state index contributed by atoms with van der Waals surface area (Å²) in [6, 6.07) is 8.72. The molecule has 5 nitrogen and oxygen atoms in total. The number of rotatable bonds is 5. The van der Waals surface area contributed by atoms with E-state index in [1.165, 1.54) is 39.7 Å². The predicted molar refractivity (Wildman–Crippen MR) is 127 cm³/mol. The van der Waals surface area contributed by atoms with Gasteiger partial charge in [0.15, 0.2) is 0 Å². The number of aliphatic hydroxyl groups is 1. The van der Waals surface area contributed by atoms with Crippen molar-refractivity contribution in [1.82, 2.24) is 14.5 Å². The average molecular weight is 419 g/mol. The molecule has 4 heterocycles. The molecule has 5 heteroatoms. The summed E-state index contributed by atoms with van der Waals surface area (Å²) in [6.07, 6.45) is 4.88. The van der Waals surface area contributed by atoms with Crippen molar-refractivity contribution in [3.05, 3.63) is 58.4 Å². The Morgan fingerprint density at radius 3 is 2.61 bits per heavy atom. The highest BCUT2D eigenvalue weighted by Crippen LogP contribution is 2.35. The third-order valence-corrected chi connectivity index (χ3v) is 7.23. The summed E-state index contributed by atoms with van der Waals surface area (Å²) in [5, 5.41) is 11.6. The molecule has 3 aromatic rings. The SMILES string of the molecule is Cc1ccnc(N2CCN(CCc3c(C)n4c5c(cc(C(C)O)cc35)CCC4)CC2)c1. The molecule has 31 heavy (non-hydrogen) atoms. The number of aromatic nitrogens is 2. The van der Waals surface area contributed by atoms with Gasteiger partial charge in [-0.15, -0.1) is 0 Å². The van der Waals surface area contributed by atoms with Crippen LogP contribution in [0, 0.1) is 13.8 Å². The van der Waals surface area contributed by atoms with Crippen molar-refractivity contribution in [1.29, 1.82) is 0 Å². The Morgan fingerprint density at radius 2 is 1.87 bits per heavy atom. The third kappa shape index (κ3) is 3.85. The van der Waals surface area contributed by atoms with E-state index >= 15 is 0 Å². The minimum atomic E-state index is -0.414. The lowest BCUT2D eigenvalue weighted by atomic mass is 9.96. The minimum absolute atomic E-state index is 0.414. The maximum absolute atomic E-state index is 10.2. The number of aliphatic hydroxyl groups excluding tert-OH is 1. The Morgan fingerprint density at radius 1 is 1.06 bits per heavy atom. The summed E-state index contributed by atoms with van der Waals surface area (Å²) in [5.74, 6) is 1.11. The van der Waals surface area contributed by atoms with Gasteiger partial charge in [-0.1, -0.05) is 6.07 Å². The van der Waals surface area contributed by atoms with E-state index in [4.69, 9.17) is 0 Å². The fourth-order valence-corrected chi connectivity index (χ4v) is 5.41. The van der Waals surface area contributed by atoms with E-state index in [-0.39, 0.29) is 0 Å². The largest absolute Gasteiger partial charge is 0.389 e. The van der Waals surface area contributed by atoms with Gasteiger partial charge in [0.25, 0.3) is 0 Å². The lowest BCUT2D eigenvalue weighted by molar-refractivity contribution is 0.199. The molecular formula is C26H34N4O. The summed E-state index contributed by atoms with van der Waals surface area (Å²) in [5.41, 5.74) is 8.05. The van der Waals surface area contributed by atoms with Crippen molar-refractivity contribution in [3.8, 4) is 0 Å². The van der Waals surface area contributed by atoms with Crippen LogP contribution >= 0.6 is 0 Å². The Hall–Kier alpha value is -2.37. The van der Waals surface area contributed by atoms with Gasteiger partial charge in [-0.25, -0.2) is 4.98 Å². The minimum Gasteiger partial charge on any atom is -0.389 e. The van der Waals surface area contributed by atoms with Gasteiger partial charge in [-0.05, 0) is 80.5 Å². The molecule has 1 unspecified atom stereocenters. The third-order valence-electron chi connectivity index (χ3n) is 7.23. The van der Waals surface area contributed by atoms with Crippen molar-refractivity contribution in [3.63, 3.8) is 0 Å². The molecule has 2 aliphatic heterocycles. The fraction of sp³-hybridized carbons (Fsp3) is 0.500. The number of hydrogen-bond acceptors (Lipinski definition) is 4. The maximum atomic E-state index is 10.2. The van der Waals surface area contributed by atoms with Crippen molar-refractivity contribution >= 4 is 16.7 Å².